The van der Waals surface area contributed by atoms with Crippen molar-refractivity contribution in [2.45, 2.75) is 6.92 Å². The standard InChI is InChI=1S/C22H19N3O2/c1-14-6-5-7-16(12-14)23-22(26)15-10-11-18-19(13-15)25-21(24-18)17-8-3-4-9-20(17)27-2/h3-13H,1-2H3,(H,23,26)(H,24,25). The van der Waals surface area contributed by atoms with Gasteiger partial charge in [-0.15, -0.1) is 0 Å². The number of rotatable bonds is 4. The molecule has 0 aliphatic rings. The molecule has 4 rings (SSSR count). The van der Waals surface area contributed by atoms with Crippen LogP contribution in [0.5, 0.6) is 5.75 Å². The van der Waals surface area contributed by atoms with E-state index in [0.29, 0.717) is 11.4 Å². The molecular formula is C22H19N3O2. The molecule has 0 unspecified atom stereocenters. The minimum Gasteiger partial charge on any atom is -0.496 e. The van der Waals surface area contributed by atoms with Gasteiger partial charge in [0.25, 0.3) is 5.91 Å². The molecule has 134 valence electrons. The van der Waals surface area contributed by atoms with Crippen molar-refractivity contribution in [3.63, 3.8) is 0 Å². The molecule has 1 aromatic heterocycles. The molecule has 1 amide bonds. The first-order valence-corrected chi connectivity index (χ1v) is 8.65. The first-order chi connectivity index (χ1) is 13.1. The number of ether oxygens (including phenoxy) is 1. The van der Waals surface area contributed by atoms with E-state index in [9.17, 15) is 4.79 Å². The highest BCUT2D eigenvalue weighted by Crippen LogP contribution is 2.29. The van der Waals surface area contributed by atoms with Crippen LogP contribution < -0.4 is 10.1 Å². The summed E-state index contributed by atoms with van der Waals surface area (Å²) in [5, 5.41) is 2.93. The number of H-pyrrole nitrogens is 1. The molecule has 0 spiro atoms. The summed E-state index contributed by atoms with van der Waals surface area (Å²) in [6.07, 6.45) is 0. The molecule has 0 aliphatic carbocycles. The molecule has 0 aliphatic heterocycles. The molecular weight excluding hydrogens is 338 g/mol. The quantitative estimate of drug-likeness (QED) is 0.551. The van der Waals surface area contributed by atoms with Gasteiger partial charge in [-0.2, -0.15) is 0 Å². The van der Waals surface area contributed by atoms with Crippen LogP contribution in [-0.4, -0.2) is 23.0 Å². The third-order valence-corrected chi connectivity index (χ3v) is 4.38. The lowest BCUT2D eigenvalue weighted by molar-refractivity contribution is 0.102. The Kier molecular flexibility index (Phi) is 4.34. The van der Waals surface area contributed by atoms with Crippen LogP contribution in [0.3, 0.4) is 0 Å². The van der Waals surface area contributed by atoms with Gasteiger partial charge in [-0.3, -0.25) is 4.79 Å². The van der Waals surface area contributed by atoms with Gasteiger partial charge in [0.1, 0.15) is 11.6 Å². The average Bonchev–Trinajstić information content (AvgIpc) is 3.11. The Morgan fingerprint density at radius 2 is 1.89 bits per heavy atom. The molecule has 5 nitrogen and oxygen atoms in total. The van der Waals surface area contributed by atoms with E-state index in [4.69, 9.17) is 4.74 Å². The van der Waals surface area contributed by atoms with Crippen LogP contribution in [-0.2, 0) is 0 Å². The molecule has 2 N–H and O–H groups in total. The largest absolute Gasteiger partial charge is 0.496 e. The summed E-state index contributed by atoms with van der Waals surface area (Å²) in [6.45, 7) is 1.99. The van der Waals surface area contributed by atoms with Crippen molar-refractivity contribution in [2.24, 2.45) is 0 Å². The molecule has 0 fully saturated rings. The lowest BCUT2D eigenvalue weighted by atomic mass is 10.1. The number of hydrogen-bond donors (Lipinski definition) is 2. The number of amides is 1. The smallest absolute Gasteiger partial charge is 0.255 e. The van der Waals surface area contributed by atoms with Crippen molar-refractivity contribution in [2.75, 3.05) is 12.4 Å². The summed E-state index contributed by atoms with van der Waals surface area (Å²) in [5.74, 6) is 1.30. The van der Waals surface area contributed by atoms with Crippen LogP contribution in [0.4, 0.5) is 5.69 Å². The Bertz CT molecular complexity index is 1130. The second-order valence-electron chi connectivity index (χ2n) is 6.34. The maximum absolute atomic E-state index is 12.6. The Balaban J connectivity index is 1.65. The molecule has 27 heavy (non-hydrogen) atoms. The summed E-state index contributed by atoms with van der Waals surface area (Å²) >= 11 is 0. The first kappa shape index (κ1) is 16.8. The van der Waals surface area contributed by atoms with Gasteiger partial charge in [0.2, 0.25) is 0 Å². The van der Waals surface area contributed by atoms with Crippen molar-refractivity contribution in [1.82, 2.24) is 9.97 Å². The number of benzene rings is 3. The molecule has 1 heterocycles. The third kappa shape index (κ3) is 3.40. The number of carbonyl (C=O) groups is 1. The Labute approximate surface area is 157 Å². The summed E-state index contributed by atoms with van der Waals surface area (Å²) < 4.78 is 5.41. The van der Waals surface area contributed by atoms with Crippen molar-refractivity contribution in [1.29, 1.82) is 0 Å². The summed E-state index contributed by atoms with van der Waals surface area (Å²) in [7, 11) is 1.63. The van der Waals surface area contributed by atoms with Gasteiger partial charge in [0.15, 0.2) is 0 Å². The van der Waals surface area contributed by atoms with Crippen molar-refractivity contribution in [3.05, 3.63) is 77.9 Å². The zero-order chi connectivity index (χ0) is 18.8. The Hall–Kier alpha value is -3.60. The molecule has 0 saturated heterocycles. The minimum absolute atomic E-state index is 0.157. The number of nitrogens with zero attached hydrogens (tertiary/aromatic N) is 1. The second-order valence-corrected chi connectivity index (χ2v) is 6.34. The fourth-order valence-corrected chi connectivity index (χ4v) is 3.04. The normalized spacial score (nSPS) is 10.7. The lowest BCUT2D eigenvalue weighted by Crippen LogP contribution is -2.11. The number of nitrogens with one attached hydrogen (secondary N) is 2. The van der Waals surface area contributed by atoms with Crippen molar-refractivity contribution >= 4 is 22.6 Å². The van der Waals surface area contributed by atoms with E-state index in [1.54, 1.807) is 13.2 Å². The topological polar surface area (TPSA) is 67.0 Å². The number of hydrogen-bond acceptors (Lipinski definition) is 3. The number of para-hydroxylation sites is 1. The zero-order valence-electron chi connectivity index (χ0n) is 15.1. The van der Waals surface area contributed by atoms with Crippen LogP contribution in [0, 0.1) is 6.92 Å². The van der Waals surface area contributed by atoms with E-state index >= 15 is 0 Å². The maximum atomic E-state index is 12.6. The van der Waals surface area contributed by atoms with Crippen molar-refractivity contribution in [3.8, 4) is 17.1 Å². The number of aryl methyl sites for hydroxylation is 1. The predicted octanol–water partition coefficient (Wildman–Crippen LogP) is 4.80. The van der Waals surface area contributed by atoms with Gasteiger partial charge in [-0.25, -0.2) is 4.98 Å². The van der Waals surface area contributed by atoms with Crippen LogP contribution >= 0.6 is 0 Å². The monoisotopic (exact) mass is 357 g/mol. The number of methoxy groups -OCH3 is 1. The predicted molar refractivity (Wildman–Crippen MR) is 107 cm³/mol. The summed E-state index contributed by atoms with van der Waals surface area (Å²) in [5.41, 5.74) is 4.91. The highest BCUT2D eigenvalue weighted by molar-refractivity contribution is 6.06. The van der Waals surface area contributed by atoms with Gasteiger partial charge in [-0.1, -0.05) is 24.3 Å². The zero-order valence-corrected chi connectivity index (χ0v) is 15.1. The van der Waals surface area contributed by atoms with Gasteiger partial charge in [-0.05, 0) is 55.0 Å². The number of aromatic amines is 1. The van der Waals surface area contributed by atoms with Crippen LogP contribution in [0.2, 0.25) is 0 Å². The van der Waals surface area contributed by atoms with Crippen LogP contribution in [0.1, 0.15) is 15.9 Å². The van der Waals surface area contributed by atoms with Crippen molar-refractivity contribution < 1.29 is 9.53 Å². The third-order valence-electron chi connectivity index (χ3n) is 4.38. The lowest BCUT2D eigenvalue weighted by Gasteiger charge is -2.06. The highest BCUT2D eigenvalue weighted by Gasteiger charge is 2.12. The molecule has 4 aromatic rings. The maximum Gasteiger partial charge on any atom is 0.255 e. The molecule has 0 atom stereocenters. The summed E-state index contributed by atoms with van der Waals surface area (Å²) in [6, 6.07) is 20.8. The van der Waals surface area contributed by atoms with Gasteiger partial charge in [0, 0.05) is 11.3 Å². The SMILES string of the molecule is COc1ccccc1-c1nc2ccc(C(=O)Nc3cccc(C)c3)cc2[nH]1. The van der Waals surface area contributed by atoms with E-state index in [2.05, 4.69) is 15.3 Å². The Morgan fingerprint density at radius 1 is 1.04 bits per heavy atom. The molecule has 0 bridgehead atoms. The minimum atomic E-state index is -0.157. The number of aromatic nitrogens is 2. The molecule has 0 radical (unpaired) electrons. The fraction of sp³-hybridized carbons (Fsp3) is 0.0909. The van der Waals surface area contributed by atoms with E-state index in [0.717, 1.165) is 33.6 Å². The number of anilines is 1. The molecule has 5 heteroatoms. The fourth-order valence-electron chi connectivity index (χ4n) is 3.04. The van der Waals surface area contributed by atoms with Crippen LogP contribution in [0.25, 0.3) is 22.4 Å². The Morgan fingerprint density at radius 3 is 2.70 bits per heavy atom. The van der Waals surface area contributed by atoms with Gasteiger partial charge in [0.05, 0.1) is 23.7 Å². The number of fused-ring (bicyclic) bond motifs is 1. The van der Waals surface area contributed by atoms with E-state index in [-0.39, 0.29) is 5.91 Å². The summed E-state index contributed by atoms with van der Waals surface area (Å²) in [4.78, 5) is 20.5. The molecule has 0 saturated carbocycles. The highest BCUT2D eigenvalue weighted by atomic mass is 16.5. The molecule has 3 aromatic carbocycles. The first-order valence-electron chi connectivity index (χ1n) is 8.65. The van der Waals surface area contributed by atoms with Gasteiger partial charge >= 0.3 is 0 Å². The second kappa shape index (κ2) is 6.96. The number of carbonyl (C=O) groups excluding carboxylic acids is 1. The van der Waals surface area contributed by atoms with E-state index < -0.39 is 0 Å². The van der Waals surface area contributed by atoms with E-state index in [1.807, 2.05) is 67.6 Å². The van der Waals surface area contributed by atoms with E-state index in [1.165, 1.54) is 0 Å². The van der Waals surface area contributed by atoms with Gasteiger partial charge < -0.3 is 15.0 Å². The number of imidazole rings is 1. The van der Waals surface area contributed by atoms with Crippen LogP contribution in [0.15, 0.2) is 66.7 Å². The average molecular weight is 357 g/mol.